The second-order valence-corrected chi connectivity index (χ2v) is 5.52. The van der Waals surface area contributed by atoms with Crippen molar-refractivity contribution in [2.75, 3.05) is 6.61 Å². The average molecular weight is 395 g/mol. The quantitative estimate of drug-likeness (QED) is 0.325. The first-order valence-electron chi connectivity index (χ1n) is 6.87. The number of aliphatic imine (C=N–C) groups is 1. The highest BCUT2D eigenvalue weighted by Crippen LogP contribution is 2.24. The molecule has 24 heavy (non-hydrogen) atoms. The number of hydrogen-bond acceptors (Lipinski definition) is 5. The minimum atomic E-state index is -0.727. The van der Waals surface area contributed by atoms with Crippen LogP contribution in [0.1, 0.15) is 22.8 Å². The van der Waals surface area contributed by atoms with Gasteiger partial charge in [-0.3, -0.25) is 15.1 Å². The molecule has 0 saturated heterocycles. The van der Waals surface area contributed by atoms with E-state index < -0.39 is 16.7 Å². The van der Waals surface area contributed by atoms with Gasteiger partial charge in [0.15, 0.2) is 0 Å². The Morgan fingerprint density at radius 1 is 1.38 bits per heavy atom. The molecular weight excluding hydrogens is 383 g/mol. The van der Waals surface area contributed by atoms with E-state index in [1.165, 1.54) is 36.5 Å². The van der Waals surface area contributed by atoms with E-state index in [1.807, 2.05) is 0 Å². The van der Waals surface area contributed by atoms with Gasteiger partial charge in [-0.25, -0.2) is 9.18 Å². The lowest BCUT2D eigenvalue weighted by atomic mass is 10.2. The van der Waals surface area contributed by atoms with Crippen molar-refractivity contribution in [1.29, 1.82) is 0 Å². The second-order valence-electron chi connectivity index (χ2n) is 4.61. The zero-order valence-corrected chi connectivity index (χ0v) is 14.1. The number of hydrogen-bond donors (Lipinski definition) is 0. The van der Waals surface area contributed by atoms with Gasteiger partial charge >= 0.3 is 5.97 Å². The van der Waals surface area contributed by atoms with Crippen LogP contribution in [0.4, 0.5) is 15.8 Å². The van der Waals surface area contributed by atoms with Crippen molar-refractivity contribution in [2.45, 2.75) is 6.92 Å². The maximum absolute atomic E-state index is 14.0. The summed E-state index contributed by atoms with van der Waals surface area (Å²) >= 11 is 3.22. The Kier molecular flexibility index (Phi) is 5.75. The topological polar surface area (TPSA) is 81.8 Å². The van der Waals surface area contributed by atoms with Crippen LogP contribution >= 0.6 is 15.9 Å². The molecule has 0 aromatic heterocycles. The summed E-state index contributed by atoms with van der Waals surface area (Å²) in [7, 11) is 0. The van der Waals surface area contributed by atoms with Gasteiger partial charge in [0.25, 0.3) is 5.69 Å². The zero-order valence-electron chi connectivity index (χ0n) is 12.5. The van der Waals surface area contributed by atoms with Crippen molar-refractivity contribution >= 4 is 39.5 Å². The SMILES string of the molecule is CCOC(=O)c1ccc(N=Cc2cc(Br)ccc2[N+](=O)[O-])c(F)c1. The second kappa shape index (κ2) is 7.78. The van der Waals surface area contributed by atoms with Crippen molar-refractivity contribution in [2.24, 2.45) is 4.99 Å². The number of nitrogens with zero attached hydrogens (tertiary/aromatic N) is 2. The number of benzene rings is 2. The largest absolute Gasteiger partial charge is 0.462 e. The van der Waals surface area contributed by atoms with Gasteiger partial charge < -0.3 is 4.74 Å². The van der Waals surface area contributed by atoms with Crippen LogP contribution in [0.2, 0.25) is 0 Å². The van der Waals surface area contributed by atoms with Gasteiger partial charge in [-0.2, -0.15) is 0 Å². The number of nitro groups is 1. The summed E-state index contributed by atoms with van der Waals surface area (Å²) in [6.45, 7) is 1.84. The van der Waals surface area contributed by atoms with Crippen molar-refractivity contribution < 1.29 is 18.8 Å². The number of ether oxygens (including phenoxy) is 1. The maximum Gasteiger partial charge on any atom is 0.338 e. The molecular formula is C16H12BrFN2O4. The molecule has 0 radical (unpaired) electrons. The van der Waals surface area contributed by atoms with E-state index >= 15 is 0 Å². The summed E-state index contributed by atoms with van der Waals surface area (Å²) in [5, 5.41) is 11.0. The minimum absolute atomic E-state index is 0.0441. The lowest BCUT2D eigenvalue weighted by molar-refractivity contribution is -0.385. The van der Waals surface area contributed by atoms with E-state index in [-0.39, 0.29) is 29.1 Å². The van der Waals surface area contributed by atoms with E-state index in [1.54, 1.807) is 6.92 Å². The summed E-state index contributed by atoms with van der Waals surface area (Å²) in [5.41, 5.74) is 0.104. The van der Waals surface area contributed by atoms with E-state index in [2.05, 4.69) is 20.9 Å². The molecule has 0 bridgehead atoms. The monoisotopic (exact) mass is 394 g/mol. The minimum Gasteiger partial charge on any atom is -0.462 e. The van der Waals surface area contributed by atoms with Gasteiger partial charge in [0.1, 0.15) is 5.82 Å². The van der Waals surface area contributed by atoms with Crippen LogP contribution in [0.15, 0.2) is 45.9 Å². The van der Waals surface area contributed by atoms with Crippen molar-refractivity contribution in [3.63, 3.8) is 0 Å². The Morgan fingerprint density at radius 2 is 2.12 bits per heavy atom. The lowest BCUT2D eigenvalue weighted by Gasteiger charge is -2.03. The maximum atomic E-state index is 14.0. The molecule has 6 nitrogen and oxygen atoms in total. The van der Waals surface area contributed by atoms with E-state index in [0.717, 1.165) is 6.07 Å². The Morgan fingerprint density at radius 3 is 2.75 bits per heavy atom. The molecule has 0 unspecified atom stereocenters. The molecule has 0 aliphatic heterocycles. The van der Waals surface area contributed by atoms with Crippen LogP contribution in [0, 0.1) is 15.9 Å². The molecule has 124 valence electrons. The number of nitro benzene ring substituents is 1. The third-order valence-corrected chi connectivity index (χ3v) is 3.48. The normalized spacial score (nSPS) is 10.8. The molecule has 0 aliphatic rings. The third kappa shape index (κ3) is 4.23. The summed E-state index contributed by atoms with van der Waals surface area (Å²) in [6, 6.07) is 8.06. The zero-order chi connectivity index (χ0) is 17.7. The predicted octanol–water partition coefficient (Wildman–Crippen LogP) is 4.42. The first-order chi connectivity index (χ1) is 11.4. The van der Waals surface area contributed by atoms with Gasteiger partial charge in [-0.15, -0.1) is 0 Å². The number of halogens is 2. The first-order valence-corrected chi connectivity index (χ1v) is 7.66. The molecule has 2 aromatic carbocycles. The highest BCUT2D eigenvalue weighted by molar-refractivity contribution is 9.10. The number of carbonyl (C=O) groups is 1. The molecule has 0 spiro atoms. The Balaban J connectivity index is 2.32. The number of rotatable bonds is 5. The molecule has 0 amide bonds. The first kappa shape index (κ1) is 17.7. The molecule has 0 aliphatic carbocycles. The Hall–Kier alpha value is -2.61. The Bertz CT molecular complexity index is 824. The van der Waals surface area contributed by atoms with Gasteiger partial charge in [-0.1, -0.05) is 15.9 Å². The van der Waals surface area contributed by atoms with Gasteiger partial charge in [0, 0.05) is 16.8 Å². The van der Waals surface area contributed by atoms with Crippen LogP contribution < -0.4 is 0 Å². The summed E-state index contributed by atoms with van der Waals surface area (Å²) < 4.78 is 19.4. The summed E-state index contributed by atoms with van der Waals surface area (Å²) in [4.78, 5) is 25.9. The number of esters is 1. The Labute approximate surface area is 145 Å². The number of carbonyl (C=O) groups excluding carboxylic acids is 1. The van der Waals surface area contributed by atoms with Crippen molar-refractivity contribution in [1.82, 2.24) is 0 Å². The smallest absolute Gasteiger partial charge is 0.338 e. The highest BCUT2D eigenvalue weighted by atomic mass is 79.9. The fourth-order valence-corrected chi connectivity index (χ4v) is 2.27. The molecule has 8 heteroatoms. The summed E-state index contributed by atoms with van der Waals surface area (Å²) in [6.07, 6.45) is 1.20. The van der Waals surface area contributed by atoms with Crippen molar-refractivity contribution in [3.8, 4) is 0 Å². The van der Waals surface area contributed by atoms with E-state index in [0.29, 0.717) is 4.47 Å². The fourth-order valence-electron chi connectivity index (χ4n) is 1.89. The predicted molar refractivity (Wildman–Crippen MR) is 90.4 cm³/mol. The summed E-state index contributed by atoms with van der Waals surface area (Å²) in [5.74, 6) is -1.36. The van der Waals surface area contributed by atoms with Crippen LogP contribution in [-0.4, -0.2) is 23.7 Å². The van der Waals surface area contributed by atoms with Crippen LogP contribution in [0.3, 0.4) is 0 Å². The average Bonchev–Trinajstić information content (AvgIpc) is 2.53. The lowest BCUT2D eigenvalue weighted by Crippen LogP contribution is -2.04. The fraction of sp³-hybridized carbons (Fsp3) is 0.125. The highest BCUT2D eigenvalue weighted by Gasteiger charge is 2.13. The van der Waals surface area contributed by atoms with Crippen molar-refractivity contribution in [3.05, 3.63) is 67.9 Å². The molecule has 0 N–H and O–H groups in total. The van der Waals surface area contributed by atoms with Gasteiger partial charge in [-0.05, 0) is 37.3 Å². The van der Waals surface area contributed by atoms with Crippen LogP contribution in [0.25, 0.3) is 0 Å². The van der Waals surface area contributed by atoms with Crippen LogP contribution in [-0.2, 0) is 4.74 Å². The molecule has 0 atom stereocenters. The van der Waals surface area contributed by atoms with E-state index in [9.17, 15) is 19.3 Å². The molecule has 2 aromatic rings. The van der Waals surface area contributed by atoms with E-state index in [4.69, 9.17) is 4.74 Å². The van der Waals surface area contributed by atoms with Gasteiger partial charge in [0.05, 0.1) is 28.3 Å². The molecule has 0 heterocycles. The third-order valence-electron chi connectivity index (χ3n) is 2.99. The standard InChI is InChI=1S/C16H12BrFN2O4/c1-2-24-16(21)10-3-5-14(13(18)8-10)19-9-11-7-12(17)4-6-15(11)20(22)23/h3-9H,2H2,1H3. The molecule has 2 rings (SSSR count). The molecule has 0 fully saturated rings. The molecule has 0 saturated carbocycles. The van der Waals surface area contributed by atoms with Crippen LogP contribution in [0.5, 0.6) is 0 Å². The van der Waals surface area contributed by atoms with Gasteiger partial charge in [0.2, 0.25) is 0 Å².